The summed E-state index contributed by atoms with van der Waals surface area (Å²) in [6.07, 6.45) is 2.33. The van der Waals surface area contributed by atoms with Gasteiger partial charge >= 0.3 is 12.0 Å². The largest absolute Gasteiger partial charge is 0.465 e. The van der Waals surface area contributed by atoms with Crippen molar-refractivity contribution in [1.82, 2.24) is 4.90 Å². The quantitative estimate of drug-likeness (QED) is 0.852. The van der Waals surface area contributed by atoms with Crippen LogP contribution in [0.15, 0.2) is 18.2 Å². The molecule has 0 unspecified atom stereocenters. The fourth-order valence-corrected chi connectivity index (χ4v) is 3.02. The number of hydrogen-bond donors (Lipinski definition) is 1. The van der Waals surface area contributed by atoms with Gasteiger partial charge in [0.15, 0.2) is 5.82 Å². The molecule has 1 aromatic rings. The summed E-state index contributed by atoms with van der Waals surface area (Å²) in [5.41, 5.74) is -0.182. The zero-order valence-electron chi connectivity index (χ0n) is 11.8. The smallest absolute Gasteiger partial charge is 0.340 e. The van der Waals surface area contributed by atoms with E-state index in [4.69, 9.17) is 0 Å². The zero-order chi connectivity index (χ0) is 15.0. The third kappa shape index (κ3) is 2.46. The monoisotopic (exact) mass is 292 g/mol. The second kappa shape index (κ2) is 5.35. The Morgan fingerprint density at radius 1 is 1.29 bits per heavy atom. The number of nitrogens with zero attached hydrogens (tertiary/aromatic N) is 1. The summed E-state index contributed by atoms with van der Waals surface area (Å²) in [6, 6.07) is 3.96. The molecule has 1 saturated carbocycles. The van der Waals surface area contributed by atoms with E-state index in [9.17, 15) is 14.0 Å². The molecule has 1 aliphatic carbocycles. The van der Waals surface area contributed by atoms with Gasteiger partial charge in [-0.05, 0) is 36.8 Å². The fraction of sp³-hybridized carbons (Fsp3) is 0.467. The van der Waals surface area contributed by atoms with Gasteiger partial charge in [0, 0.05) is 13.1 Å². The first-order valence-electron chi connectivity index (χ1n) is 7.03. The minimum atomic E-state index is -0.764. The molecule has 0 aromatic heterocycles. The van der Waals surface area contributed by atoms with Gasteiger partial charge in [0.2, 0.25) is 0 Å². The number of methoxy groups -OCH3 is 1. The zero-order valence-corrected chi connectivity index (χ0v) is 11.8. The molecule has 0 bridgehead atoms. The van der Waals surface area contributed by atoms with E-state index >= 15 is 0 Å². The summed E-state index contributed by atoms with van der Waals surface area (Å²) >= 11 is 0. The highest BCUT2D eigenvalue weighted by atomic mass is 19.1. The van der Waals surface area contributed by atoms with Crippen molar-refractivity contribution in [1.29, 1.82) is 0 Å². The molecule has 0 radical (unpaired) electrons. The maximum absolute atomic E-state index is 14.2. The molecular formula is C15H17FN2O3. The van der Waals surface area contributed by atoms with Crippen LogP contribution in [-0.4, -0.2) is 37.1 Å². The number of halogens is 1. The van der Waals surface area contributed by atoms with Crippen molar-refractivity contribution in [3.8, 4) is 0 Å². The molecule has 1 saturated heterocycles. The SMILES string of the molecule is COC(=O)c1cccc(NC(=O)N2C[C@H]3CC[C@H]3C2)c1F. The summed E-state index contributed by atoms with van der Waals surface area (Å²) in [6.45, 7) is 1.46. The maximum Gasteiger partial charge on any atom is 0.340 e. The Morgan fingerprint density at radius 3 is 2.52 bits per heavy atom. The van der Waals surface area contributed by atoms with Crippen LogP contribution in [0, 0.1) is 17.7 Å². The summed E-state index contributed by atoms with van der Waals surface area (Å²) in [5.74, 6) is -0.327. The molecule has 1 N–H and O–H groups in total. The van der Waals surface area contributed by atoms with E-state index in [1.54, 1.807) is 4.90 Å². The first-order chi connectivity index (χ1) is 10.1. The van der Waals surface area contributed by atoms with Crippen LogP contribution >= 0.6 is 0 Å². The van der Waals surface area contributed by atoms with Gasteiger partial charge in [0.25, 0.3) is 0 Å². The number of nitrogens with one attached hydrogen (secondary N) is 1. The number of esters is 1. The third-order valence-electron chi connectivity index (χ3n) is 4.42. The number of anilines is 1. The summed E-state index contributed by atoms with van der Waals surface area (Å²) in [7, 11) is 1.19. The minimum Gasteiger partial charge on any atom is -0.465 e. The van der Waals surface area contributed by atoms with Gasteiger partial charge in [-0.1, -0.05) is 6.07 Å². The number of carbonyl (C=O) groups is 2. The second-order valence-corrected chi connectivity index (χ2v) is 5.59. The summed E-state index contributed by atoms with van der Waals surface area (Å²) in [4.78, 5) is 25.3. The third-order valence-corrected chi connectivity index (χ3v) is 4.42. The highest BCUT2D eigenvalue weighted by Crippen LogP contribution is 2.40. The molecular weight excluding hydrogens is 275 g/mol. The van der Waals surface area contributed by atoms with Gasteiger partial charge in [0.1, 0.15) is 0 Å². The van der Waals surface area contributed by atoms with Crippen molar-refractivity contribution >= 4 is 17.7 Å². The minimum absolute atomic E-state index is 0.00199. The van der Waals surface area contributed by atoms with E-state index in [0.29, 0.717) is 11.8 Å². The molecule has 112 valence electrons. The number of ether oxygens (including phenoxy) is 1. The van der Waals surface area contributed by atoms with E-state index in [-0.39, 0.29) is 17.3 Å². The van der Waals surface area contributed by atoms with Gasteiger partial charge in [0.05, 0.1) is 18.4 Å². The second-order valence-electron chi connectivity index (χ2n) is 5.59. The molecule has 2 aliphatic rings. The molecule has 0 spiro atoms. The summed E-state index contributed by atoms with van der Waals surface area (Å²) in [5, 5.41) is 2.54. The number of benzene rings is 1. The van der Waals surface area contributed by atoms with Crippen LogP contribution in [0.2, 0.25) is 0 Å². The van der Waals surface area contributed by atoms with Gasteiger partial charge in [-0.3, -0.25) is 0 Å². The van der Waals surface area contributed by atoms with Gasteiger partial charge < -0.3 is 15.0 Å². The highest BCUT2D eigenvalue weighted by Gasteiger charge is 2.41. The molecule has 6 heteroatoms. The molecule has 1 heterocycles. The van der Waals surface area contributed by atoms with Crippen molar-refractivity contribution in [2.45, 2.75) is 12.8 Å². The number of urea groups is 1. The van der Waals surface area contributed by atoms with Crippen LogP contribution in [-0.2, 0) is 4.74 Å². The number of fused-ring (bicyclic) bond motifs is 1. The normalized spacial score (nSPS) is 23.2. The molecule has 3 rings (SSSR count). The maximum atomic E-state index is 14.2. The van der Waals surface area contributed by atoms with Crippen molar-refractivity contribution in [2.75, 3.05) is 25.5 Å². The number of likely N-dealkylation sites (tertiary alicyclic amines) is 1. The van der Waals surface area contributed by atoms with Crippen LogP contribution in [0.25, 0.3) is 0 Å². The Morgan fingerprint density at radius 2 is 1.95 bits per heavy atom. The Kier molecular flexibility index (Phi) is 3.53. The lowest BCUT2D eigenvalue weighted by atomic mass is 9.77. The van der Waals surface area contributed by atoms with Crippen LogP contribution in [0.1, 0.15) is 23.2 Å². The fourth-order valence-electron chi connectivity index (χ4n) is 3.02. The molecule has 1 aromatic carbocycles. The van der Waals surface area contributed by atoms with Crippen molar-refractivity contribution < 1.29 is 18.7 Å². The molecule has 2 amide bonds. The lowest BCUT2D eigenvalue weighted by Gasteiger charge is -2.27. The van der Waals surface area contributed by atoms with Crippen LogP contribution in [0.5, 0.6) is 0 Å². The predicted octanol–water partition coefficient (Wildman–Crippen LogP) is 2.49. The first kappa shape index (κ1) is 13.9. The van der Waals surface area contributed by atoms with E-state index < -0.39 is 11.8 Å². The number of rotatable bonds is 2. The molecule has 21 heavy (non-hydrogen) atoms. The first-order valence-corrected chi connectivity index (χ1v) is 7.03. The molecule has 1 aliphatic heterocycles. The summed E-state index contributed by atoms with van der Waals surface area (Å²) < 4.78 is 18.7. The molecule has 5 nitrogen and oxygen atoms in total. The van der Waals surface area contributed by atoms with Crippen LogP contribution in [0.3, 0.4) is 0 Å². The average molecular weight is 292 g/mol. The Hall–Kier alpha value is -2.11. The Labute approximate surface area is 122 Å². The van der Waals surface area contributed by atoms with E-state index in [1.807, 2.05) is 0 Å². The Balaban J connectivity index is 1.72. The highest BCUT2D eigenvalue weighted by molar-refractivity contribution is 5.94. The topological polar surface area (TPSA) is 58.6 Å². The van der Waals surface area contributed by atoms with Crippen LogP contribution in [0.4, 0.5) is 14.9 Å². The predicted molar refractivity (Wildman–Crippen MR) is 74.5 cm³/mol. The van der Waals surface area contributed by atoms with E-state index in [2.05, 4.69) is 10.1 Å². The van der Waals surface area contributed by atoms with Gasteiger partial charge in [-0.2, -0.15) is 0 Å². The van der Waals surface area contributed by atoms with Gasteiger partial charge in [-0.25, -0.2) is 14.0 Å². The van der Waals surface area contributed by atoms with Crippen LogP contribution < -0.4 is 5.32 Å². The van der Waals surface area contributed by atoms with Crippen molar-refractivity contribution in [3.63, 3.8) is 0 Å². The van der Waals surface area contributed by atoms with Gasteiger partial charge in [-0.15, -0.1) is 0 Å². The van der Waals surface area contributed by atoms with Crippen molar-refractivity contribution in [2.24, 2.45) is 11.8 Å². The standard InChI is InChI=1S/C15H17FN2O3/c1-21-14(19)11-3-2-4-12(13(11)16)17-15(20)18-7-9-5-6-10(9)8-18/h2-4,9-10H,5-8H2,1H3,(H,17,20)/t9-,10+. The van der Waals surface area contributed by atoms with E-state index in [0.717, 1.165) is 13.1 Å². The number of hydrogen-bond acceptors (Lipinski definition) is 3. The lowest BCUT2D eigenvalue weighted by Crippen LogP contribution is -2.33. The number of carbonyl (C=O) groups excluding carboxylic acids is 2. The van der Waals surface area contributed by atoms with Crippen molar-refractivity contribution in [3.05, 3.63) is 29.6 Å². The molecule has 2 fully saturated rings. The average Bonchev–Trinajstić information content (AvgIpc) is 2.76. The lowest BCUT2D eigenvalue weighted by molar-refractivity contribution is 0.0595. The van der Waals surface area contributed by atoms with E-state index in [1.165, 1.54) is 38.2 Å². The Bertz CT molecular complexity index is 578. The number of amides is 2. The molecule has 2 atom stereocenters.